The van der Waals surface area contributed by atoms with Crippen LogP contribution in [0.1, 0.15) is 83.6 Å². The molecule has 3 aromatic rings. The molecule has 0 aromatic heterocycles. The van der Waals surface area contributed by atoms with Crippen molar-refractivity contribution in [3.63, 3.8) is 0 Å². The van der Waals surface area contributed by atoms with E-state index in [1.165, 1.54) is 18.1 Å². The minimum atomic E-state index is -4.81. The molecule has 2 saturated heterocycles. The number of carboxylic acid groups (broad SMARTS) is 1. The zero-order chi connectivity index (χ0) is 33.8. The Morgan fingerprint density at radius 2 is 1.53 bits per heavy atom. The van der Waals surface area contributed by atoms with E-state index in [0.717, 1.165) is 41.6 Å². The number of thioether (sulfide) groups is 1. The Morgan fingerprint density at radius 1 is 0.830 bits per heavy atom. The van der Waals surface area contributed by atoms with E-state index in [0.29, 0.717) is 48.6 Å². The summed E-state index contributed by atoms with van der Waals surface area (Å²) < 4.78 is 103. The molecule has 2 aliphatic heterocycles. The van der Waals surface area contributed by atoms with E-state index in [1.807, 2.05) is 12.1 Å². The van der Waals surface area contributed by atoms with E-state index in [1.54, 1.807) is 6.07 Å². The molecule has 47 heavy (non-hydrogen) atoms. The minimum absolute atomic E-state index is 0.0138. The van der Waals surface area contributed by atoms with Gasteiger partial charge < -0.3 is 14.7 Å². The first-order valence-corrected chi connectivity index (χ1v) is 16.0. The second-order valence-corrected chi connectivity index (χ2v) is 13.4. The minimum Gasteiger partial charge on any atom is -0.496 e. The molecule has 1 N–H and O–H groups in total. The van der Waals surface area contributed by atoms with Crippen molar-refractivity contribution in [3.05, 3.63) is 88.2 Å². The van der Waals surface area contributed by atoms with Crippen LogP contribution in [-0.2, 0) is 17.1 Å². The lowest BCUT2D eigenvalue weighted by Gasteiger charge is -2.29. The van der Waals surface area contributed by atoms with Crippen molar-refractivity contribution in [2.75, 3.05) is 7.11 Å². The number of benzene rings is 3. The number of rotatable bonds is 6. The molecule has 1 saturated carbocycles. The second kappa shape index (κ2) is 12.4. The topological polar surface area (TPSA) is 66.8 Å². The Balaban J connectivity index is 1.40. The summed E-state index contributed by atoms with van der Waals surface area (Å²) in [5.41, 5.74) is -0.0903. The second-order valence-electron chi connectivity index (χ2n) is 12.3. The van der Waals surface area contributed by atoms with Crippen LogP contribution in [0.15, 0.2) is 54.6 Å². The highest BCUT2D eigenvalue weighted by Crippen LogP contribution is 2.56. The number of carbonyl (C=O) groups is 2. The van der Waals surface area contributed by atoms with Crippen LogP contribution < -0.4 is 4.74 Å². The van der Waals surface area contributed by atoms with Crippen LogP contribution in [0.5, 0.6) is 5.75 Å². The normalized spacial score (nSPS) is 24.8. The molecule has 1 aliphatic carbocycles. The van der Waals surface area contributed by atoms with Gasteiger partial charge in [0.15, 0.2) is 0 Å². The molecule has 250 valence electrons. The molecule has 0 spiro atoms. The fourth-order valence-corrected chi connectivity index (χ4v) is 8.60. The number of nitrogens with zero attached hydrogens (tertiary/aromatic N) is 1. The molecule has 3 fully saturated rings. The Morgan fingerprint density at radius 3 is 2.17 bits per heavy atom. The summed E-state index contributed by atoms with van der Waals surface area (Å²) in [6.07, 6.45) is -6.71. The first-order chi connectivity index (χ1) is 22.2. The Kier molecular flexibility index (Phi) is 8.73. The fraction of sp³-hybridized carbons (Fsp3) is 0.412. The third-order valence-electron chi connectivity index (χ3n) is 9.59. The summed E-state index contributed by atoms with van der Waals surface area (Å²) >= 11 is 0.744. The first-order valence-electron chi connectivity index (χ1n) is 15.1. The van der Waals surface area contributed by atoms with E-state index < -0.39 is 63.8 Å². The highest BCUT2D eigenvalue weighted by atomic mass is 32.2. The Labute approximate surface area is 270 Å². The van der Waals surface area contributed by atoms with E-state index in [2.05, 4.69) is 0 Å². The van der Waals surface area contributed by atoms with Crippen molar-refractivity contribution in [1.82, 2.24) is 4.90 Å². The summed E-state index contributed by atoms with van der Waals surface area (Å²) in [6, 6.07) is 9.43. The van der Waals surface area contributed by atoms with Gasteiger partial charge in [0.1, 0.15) is 11.6 Å². The van der Waals surface area contributed by atoms with Crippen molar-refractivity contribution in [3.8, 4) is 16.9 Å². The number of aliphatic carboxylic acids is 1. The number of methoxy groups -OCH3 is 1. The van der Waals surface area contributed by atoms with Gasteiger partial charge in [-0.25, -0.2) is 4.39 Å². The van der Waals surface area contributed by atoms with Gasteiger partial charge in [-0.15, -0.1) is 0 Å². The molecule has 3 atom stereocenters. The third kappa shape index (κ3) is 6.42. The standard InChI is InChI=1S/C34H30F7NO4S/c1-46-29-11-6-19(17-2-4-18(5-3-17)31(43)44)14-26(29)24-8-7-21(33(36,37)38)16-25(24)27-9-10-28-30(47-32(45)42(27)28)20-12-22(34(39,40)41)15-23(35)13-20/h6-8,11-18,27-28,30H,2-5,9-10H2,1H3,(H,43,44)/t17?,18?,27-,28-,30+/m0/s1. The lowest BCUT2D eigenvalue weighted by Crippen LogP contribution is -2.31. The predicted octanol–water partition coefficient (Wildman–Crippen LogP) is 10.0. The molecular weight excluding hydrogens is 651 g/mol. The zero-order valence-electron chi connectivity index (χ0n) is 25.0. The summed E-state index contributed by atoms with van der Waals surface area (Å²) in [5, 5.41) is 8.04. The van der Waals surface area contributed by atoms with Gasteiger partial charge in [0.25, 0.3) is 5.24 Å². The summed E-state index contributed by atoms with van der Waals surface area (Å²) in [5.74, 6) is -1.93. The van der Waals surface area contributed by atoms with E-state index >= 15 is 0 Å². The number of hydrogen-bond acceptors (Lipinski definition) is 4. The maximum absolute atomic E-state index is 14.3. The number of ether oxygens (including phenoxy) is 1. The number of halogens is 7. The molecule has 0 bridgehead atoms. The number of alkyl halides is 6. The highest BCUT2D eigenvalue weighted by molar-refractivity contribution is 8.14. The Bertz CT molecular complexity index is 1700. The lowest BCUT2D eigenvalue weighted by atomic mass is 9.78. The maximum Gasteiger partial charge on any atom is 0.416 e. The van der Waals surface area contributed by atoms with Gasteiger partial charge in [-0.2, -0.15) is 26.3 Å². The quantitative estimate of drug-likeness (QED) is 0.263. The van der Waals surface area contributed by atoms with Crippen LogP contribution in [0.25, 0.3) is 11.1 Å². The van der Waals surface area contributed by atoms with Crippen LogP contribution in [-0.4, -0.2) is 34.4 Å². The zero-order valence-corrected chi connectivity index (χ0v) is 25.8. The van der Waals surface area contributed by atoms with Gasteiger partial charge >= 0.3 is 18.3 Å². The number of carbonyl (C=O) groups excluding carboxylic acids is 1. The van der Waals surface area contributed by atoms with E-state index in [9.17, 15) is 45.4 Å². The number of fused-ring (bicyclic) bond motifs is 1. The Hall–Kier alpha value is -3.74. The van der Waals surface area contributed by atoms with E-state index in [4.69, 9.17) is 4.74 Å². The molecule has 3 aliphatic rings. The molecule has 2 heterocycles. The van der Waals surface area contributed by atoms with Crippen LogP contribution in [0.4, 0.5) is 35.5 Å². The fourth-order valence-electron chi connectivity index (χ4n) is 7.31. The number of amides is 1. The molecule has 0 radical (unpaired) electrons. The van der Waals surface area contributed by atoms with Crippen molar-refractivity contribution < 1.29 is 50.2 Å². The van der Waals surface area contributed by atoms with Gasteiger partial charge in [0.2, 0.25) is 0 Å². The molecule has 6 rings (SSSR count). The van der Waals surface area contributed by atoms with Gasteiger partial charge in [-0.05, 0) is 109 Å². The first kappa shape index (κ1) is 33.2. The average Bonchev–Trinajstić information content (AvgIpc) is 3.60. The highest BCUT2D eigenvalue weighted by Gasteiger charge is 2.50. The lowest BCUT2D eigenvalue weighted by molar-refractivity contribution is -0.143. The molecular formula is C34H30F7NO4S. The number of hydrogen-bond donors (Lipinski definition) is 1. The van der Waals surface area contributed by atoms with Crippen molar-refractivity contribution >= 4 is 23.0 Å². The van der Waals surface area contributed by atoms with Gasteiger partial charge in [-0.3, -0.25) is 9.59 Å². The van der Waals surface area contributed by atoms with E-state index in [-0.39, 0.29) is 29.9 Å². The third-order valence-corrected chi connectivity index (χ3v) is 10.8. The van der Waals surface area contributed by atoms with Crippen molar-refractivity contribution in [2.24, 2.45) is 5.92 Å². The molecule has 0 unspecified atom stereocenters. The van der Waals surface area contributed by atoms with Crippen LogP contribution in [0, 0.1) is 11.7 Å². The molecule has 1 amide bonds. The van der Waals surface area contributed by atoms with Gasteiger partial charge in [0, 0.05) is 11.6 Å². The van der Waals surface area contributed by atoms with Crippen LogP contribution in [0.2, 0.25) is 0 Å². The van der Waals surface area contributed by atoms with Crippen molar-refractivity contribution in [2.45, 2.75) is 74.1 Å². The van der Waals surface area contributed by atoms with Gasteiger partial charge in [-0.1, -0.05) is 23.9 Å². The van der Waals surface area contributed by atoms with Crippen LogP contribution in [0.3, 0.4) is 0 Å². The smallest absolute Gasteiger partial charge is 0.416 e. The molecule has 13 heteroatoms. The molecule has 5 nitrogen and oxygen atoms in total. The summed E-state index contributed by atoms with van der Waals surface area (Å²) in [6.45, 7) is 0. The maximum atomic E-state index is 14.3. The van der Waals surface area contributed by atoms with Crippen LogP contribution >= 0.6 is 11.8 Å². The monoisotopic (exact) mass is 681 g/mol. The predicted molar refractivity (Wildman–Crippen MR) is 160 cm³/mol. The molecule has 3 aromatic carbocycles. The number of carboxylic acids is 1. The SMILES string of the molecule is COc1ccc(C2CCC(C(=O)O)CC2)cc1-c1ccc(C(F)(F)F)cc1[C@@H]1CC[C@H]2[C@@H](c3cc(F)cc(C(F)(F)F)c3)SC(=O)N12. The largest absolute Gasteiger partial charge is 0.496 e. The summed E-state index contributed by atoms with van der Waals surface area (Å²) in [7, 11) is 1.44. The van der Waals surface area contributed by atoms with Crippen molar-refractivity contribution in [1.29, 1.82) is 0 Å². The van der Waals surface area contributed by atoms with Gasteiger partial charge in [0.05, 0.1) is 35.4 Å². The summed E-state index contributed by atoms with van der Waals surface area (Å²) in [4.78, 5) is 26.4. The average molecular weight is 682 g/mol.